The second-order valence-corrected chi connectivity index (χ2v) is 13.9. The molecule has 5 atom stereocenters. The molecule has 2 fully saturated rings. The molecule has 1 aromatic heterocycles. The molecule has 2 aliphatic heterocycles. The lowest BCUT2D eigenvalue weighted by molar-refractivity contribution is -0.140. The lowest BCUT2D eigenvalue weighted by Gasteiger charge is -2.30. The van der Waals surface area contributed by atoms with Crippen molar-refractivity contribution < 1.29 is 14.4 Å². The molecule has 52 heavy (non-hydrogen) atoms. The Labute approximate surface area is 307 Å². The molecule has 3 heterocycles. The van der Waals surface area contributed by atoms with Crippen LogP contribution in [0, 0.1) is 0 Å². The van der Waals surface area contributed by atoms with Gasteiger partial charge in [0.2, 0.25) is 17.7 Å². The summed E-state index contributed by atoms with van der Waals surface area (Å²) in [5, 5.41) is 8.57. The van der Waals surface area contributed by atoms with E-state index in [1.807, 2.05) is 71.8 Å². The molecular formula is C40H43B2N7O3. The highest BCUT2D eigenvalue weighted by molar-refractivity contribution is 6.07. The van der Waals surface area contributed by atoms with E-state index in [0.717, 1.165) is 72.3 Å². The summed E-state index contributed by atoms with van der Waals surface area (Å²) < 4.78 is 0. The minimum atomic E-state index is -0.697. The van der Waals surface area contributed by atoms with Crippen LogP contribution in [0.15, 0.2) is 97.2 Å². The Morgan fingerprint density at radius 3 is 1.96 bits per heavy atom. The summed E-state index contributed by atoms with van der Waals surface area (Å²) in [6.45, 7) is 1.19. The van der Waals surface area contributed by atoms with Gasteiger partial charge in [-0.05, 0) is 72.8 Å². The topological polar surface area (TPSA) is 122 Å². The van der Waals surface area contributed by atoms with E-state index in [4.69, 9.17) is 20.9 Å². The van der Waals surface area contributed by atoms with Gasteiger partial charge in [-0.25, -0.2) is 4.98 Å². The van der Waals surface area contributed by atoms with Gasteiger partial charge in [0.15, 0.2) is 16.0 Å². The third-order valence-corrected chi connectivity index (χ3v) is 10.7. The summed E-state index contributed by atoms with van der Waals surface area (Å²) in [6, 6.07) is 25.4. The second kappa shape index (κ2) is 16.2. The van der Waals surface area contributed by atoms with Gasteiger partial charge in [-0.1, -0.05) is 91.0 Å². The lowest BCUT2D eigenvalue weighted by atomic mass is 9.90. The monoisotopic (exact) mass is 691 g/mol. The number of amides is 3. The Kier molecular flexibility index (Phi) is 11.0. The van der Waals surface area contributed by atoms with Crippen molar-refractivity contribution in [2.24, 2.45) is 0 Å². The molecule has 3 aliphatic rings. The number of benzene rings is 3. The molecule has 2 saturated heterocycles. The molecule has 1 aliphatic carbocycles. The number of imidazole rings is 1. The molecule has 3 aromatic carbocycles. The van der Waals surface area contributed by atoms with E-state index in [1.165, 1.54) is 5.57 Å². The Bertz CT molecular complexity index is 1890. The van der Waals surface area contributed by atoms with E-state index in [-0.39, 0.29) is 29.8 Å². The molecule has 0 saturated carbocycles. The minimum Gasteiger partial charge on any atom is -0.352 e. The molecule has 0 spiro atoms. The Balaban J connectivity index is 0.948. The van der Waals surface area contributed by atoms with Gasteiger partial charge in [-0.2, -0.15) is 0 Å². The fourth-order valence-corrected chi connectivity index (χ4v) is 7.90. The van der Waals surface area contributed by atoms with Crippen LogP contribution in [0.25, 0.3) is 16.8 Å². The average Bonchev–Trinajstić information content (AvgIpc) is 3.99. The first-order valence-corrected chi connectivity index (χ1v) is 18.2. The highest BCUT2D eigenvalue weighted by Gasteiger charge is 2.38. The number of aromatic amines is 1. The lowest BCUT2D eigenvalue weighted by Crippen LogP contribution is -2.51. The van der Waals surface area contributed by atoms with Crippen LogP contribution in [0.5, 0.6) is 0 Å². The van der Waals surface area contributed by atoms with Gasteiger partial charge in [-0.15, -0.1) is 0 Å². The van der Waals surface area contributed by atoms with E-state index >= 15 is 0 Å². The maximum absolute atomic E-state index is 13.6. The quantitative estimate of drug-likeness (QED) is 0.171. The number of carbonyl (C=O) groups excluding carboxylic acids is 3. The molecular weight excluding hydrogens is 648 g/mol. The molecule has 10 nitrogen and oxygen atoms in total. The minimum absolute atomic E-state index is 0.0136. The molecule has 12 heteroatoms. The molecule has 3 unspecified atom stereocenters. The standard InChI is InChI=1S/C40H43B2N7O3/c41-46-35(29-9-3-1-4-10-29)39(51)48-23-7-13-33(48)37-43-25-32(45-37)28-17-15-26(16-18-28)27-19-21-31(22-20-27)44-38(50)34-14-8-24-49(34)40(52)36(47-42)30-11-5-2-6-12-30/h1-6,9-12,15-19,25,31,33-36,46-47H,7-8,13-14,20-24H2,(H,43,45)(H,44,50)/t31?,33?,34?,35-,36+/m1/s1. The van der Waals surface area contributed by atoms with Crippen molar-refractivity contribution in [1.82, 2.24) is 35.5 Å². The second-order valence-electron chi connectivity index (χ2n) is 13.9. The number of nitrogens with one attached hydrogen (secondary N) is 4. The predicted molar refractivity (Wildman–Crippen MR) is 202 cm³/mol. The Morgan fingerprint density at radius 1 is 0.750 bits per heavy atom. The number of carbonyl (C=O) groups is 3. The maximum Gasteiger partial charge on any atom is 0.243 e. The van der Waals surface area contributed by atoms with Crippen LogP contribution in [-0.2, 0) is 14.4 Å². The Hall–Kier alpha value is -4.93. The van der Waals surface area contributed by atoms with Gasteiger partial charge in [0.1, 0.15) is 23.9 Å². The van der Waals surface area contributed by atoms with Crippen molar-refractivity contribution in [3.63, 3.8) is 0 Å². The summed E-state index contributed by atoms with van der Waals surface area (Å²) in [6.07, 6.45) is 9.58. The smallest absolute Gasteiger partial charge is 0.243 e. The zero-order chi connectivity index (χ0) is 36.0. The third kappa shape index (κ3) is 7.49. The van der Waals surface area contributed by atoms with E-state index in [2.05, 4.69) is 51.1 Å². The summed E-state index contributed by atoms with van der Waals surface area (Å²) in [5.41, 5.74) is 5.92. The number of aromatic nitrogens is 2. The van der Waals surface area contributed by atoms with Crippen LogP contribution in [-0.4, -0.2) is 78.6 Å². The van der Waals surface area contributed by atoms with E-state index in [9.17, 15) is 14.4 Å². The summed E-state index contributed by atoms with van der Waals surface area (Å²) in [5.74, 6) is 0.430. The largest absolute Gasteiger partial charge is 0.352 e. The number of H-pyrrole nitrogens is 1. The number of rotatable bonds is 11. The van der Waals surface area contributed by atoms with Crippen LogP contribution < -0.4 is 15.8 Å². The van der Waals surface area contributed by atoms with Gasteiger partial charge in [0.25, 0.3) is 0 Å². The fourth-order valence-electron chi connectivity index (χ4n) is 7.90. The number of hydrogen-bond donors (Lipinski definition) is 4. The number of hydrogen-bond acceptors (Lipinski definition) is 6. The molecule has 4 aromatic rings. The van der Waals surface area contributed by atoms with Gasteiger partial charge in [0, 0.05) is 19.1 Å². The average molecular weight is 691 g/mol. The summed E-state index contributed by atoms with van der Waals surface area (Å²) in [7, 11) is 11.6. The molecule has 0 bridgehead atoms. The summed E-state index contributed by atoms with van der Waals surface area (Å²) >= 11 is 0. The van der Waals surface area contributed by atoms with Gasteiger partial charge >= 0.3 is 0 Å². The van der Waals surface area contributed by atoms with Crippen LogP contribution in [0.4, 0.5) is 0 Å². The van der Waals surface area contributed by atoms with Crippen molar-refractivity contribution in [3.8, 4) is 11.3 Å². The fraction of sp³-hybridized carbons (Fsp3) is 0.350. The van der Waals surface area contributed by atoms with Crippen molar-refractivity contribution in [3.05, 3.63) is 120 Å². The molecule has 3 amide bonds. The van der Waals surface area contributed by atoms with Gasteiger partial charge in [-0.3, -0.25) is 14.4 Å². The maximum atomic E-state index is 13.6. The van der Waals surface area contributed by atoms with Gasteiger partial charge < -0.3 is 30.6 Å². The van der Waals surface area contributed by atoms with E-state index in [1.54, 1.807) is 4.90 Å². The van der Waals surface area contributed by atoms with Crippen molar-refractivity contribution in [2.75, 3.05) is 13.1 Å². The normalized spacial score (nSPS) is 21.4. The van der Waals surface area contributed by atoms with Gasteiger partial charge in [0.05, 0.1) is 17.9 Å². The zero-order valence-electron chi connectivity index (χ0n) is 29.2. The number of allylic oxidation sites excluding steroid dienone is 1. The molecule has 7 rings (SSSR count). The van der Waals surface area contributed by atoms with Crippen molar-refractivity contribution in [1.29, 1.82) is 0 Å². The highest BCUT2D eigenvalue weighted by Crippen LogP contribution is 2.35. The number of likely N-dealkylation sites (tertiary alicyclic amines) is 2. The van der Waals surface area contributed by atoms with Crippen LogP contribution in [0.1, 0.15) is 85.6 Å². The van der Waals surface area contributed by atoms with E-state index < -0.39 is 18.1 Å². The zero-order valence-corrected chi connectivity index (χ0v) is 29.2. The predicted octanol–water partition coefficient (Wildman–Crippen LogP) is 4.61. The van der Waals surface area contributed by atoms with Crippen LogP contribution in [0.3, 0.4) is 0 Å². The van der Waals surface area contributed by atoms with Crippen LogP contribution in [0.2, 0.25) is 0 Å². The van der Waals surface area contributed by atoms with Crippen molar-refractivity contribution >= 4 is 39.3 Å². The molecule has 4 radical (unpaired) electrons. The first-order chi connectivity index (χ1) is 25.4. The molecule has 262 valence electrons. The highest BCUT2D eigenvalue weighted by atomic mass is 16.2. The van der Waals surface area contributed by atoms with E-state index in [0.29, 0.717) is 19.5 Å². The number of nitrogens with zero attached hydrogens (tertiary/aromatic N) is 3. The SMILES string of the molecule is [B]N[C@H](C(=O)N1CCCC1C(=O)NC1CC=C(c2ccc(-c3cnc(C4CCCN4C(=O)[C@H](N[B])c4ccccc4)[nH]3)cc2)CC1)c1ccccc1. The molecule has 4 N–H and O–H groups in total. The van der Waals surface area contributed by atoms with Crippen molar-refractivity contribution in [2.45, 2.75) is 75.2 Å². The first-order valence-electron chi connectivity index (χ1n) is 18.2. The Morgan fingerprint density at radius 2 is 1.35 bits per heavy atom. The summed E-state index contributed by atoms with van der Waals surface area (Å²) in [4.78, 5) is 52.2. The first kappa shape index (κ1) is 35.5. The van der Waals surface area contributed by atoms with Crippen LogP contribution >= 0.6 is 0 Å². The third-order valence-electron chi connectivity index (χ3n) is 10.7.